The van der Waals surface area contributed by atoms with Crippen LogP contribution in [-0.2, 0) is 22.4 Å². The van der Waals surface area contributed by atoms with Crippen molar-refractivity contribution in [1.29, 1.82) is 0 Å². The average Bonchev–Trinajstić information content (AvgIpc) is 2.36. The summed E-state index contributed by atoms with van der Waals surface area (Å²) in [6.45, 7) is 4.42. The van der Waals surface area contributed by atoms with E-state index in [1.54, 1.807) is 0 Å². The lowest BCUT2D eigenvalue weighted by atomic mass is 9.82. The van der Waals surface area contributed by atoms with Gasteiger partial charge in [-0.1, -0.05) is 32.0 Å². The summed E-state index contributed by atoms with van der Waals surface area (Å²) in [4.78, 5) is 11.5. The Morgan fingerprint density at radius 2 is 2.12 bits per heavy atom. The van der Waals surface area contributed by atoms with Gasteiger partial charge in [-0.25, -0.2) is 0 Å². The van der Waals surface area contributed by atoms with Gasteiger partial charge in [-0.3, -0.25) is 4.79 Å². The first-order valence-electron chi connectivity index (χ1n) is 6.31. The van der Waals surface area contributed by atoms with E-state index in [2.05, 4.69) is 32.0 Å². The Labute approximate surface area is 103 Å². The maximum absolute atomic E-state index is 11.5. The van der Waals surface area contributed by atoms with Gasteiger partial charge in [0.1, 0.15) is 0 Å². The molecule has 2 heteroatoms. The largest absolute Gasteiger partial charge is 0.469 e. The number of benzene rings is 1. The predicted octanol–water partition coefficient (Wildman–Crippen LogP) is 3.09. The zero-order valence-corrected chi connectivity index (χ0v) is 10.8. The Hall–Kier alpha value is -1.31. The van der Waals surface area contributed by atoms with Gasteiger partial charge in [0, 0.05) is 0 Å². The average molecular weight is 232 g/mol. The Balaban J connectivity index is 2.20. The fourth-order valence-electron chi connectivity index (χ4n) is 2.50. The zero-order chi connectivity index (χ0) is 12.4. The molecule has 2 rings (SSSR count). The van der Waals surface area contributed by atoms with E-state index in [1.165, 1.54) is 23.8 Å². The first-order chi connectivity index (χ1) is 8.11. The van der Waals surface area contributed by atoms with E-state index in [9.17, 15) is 4.79 Å². The molecule has 0 bridgehead atoms. The first-order valence-corrected chi connectivity index (χ1v) is 6.31. The van der Waals surface area contributed by atoms with Gasteiger partial charge >= 0.3 is 5.97 Å². The number of esters is 1. The van der Waals surface area contributed by atoms with Gasteiger partial charge in [-0.05, 0) is 41.9 Å². The Bertz CT molecular complexity index is 421. The smallest absolute Gasteiger partial charge is 0.309 e. The number of hydrogen-bond donors (Lipinski definition) is 0. The van der Waals surface area contributed by atoms with Crippen molar-refractivity contribution >= 4 is 5.97 Å². The van der Waals surface area contributed by atoms with Gasteiger partial charge in [-0.15, -0.1) is 0 Å². The lowest BCUT2D eigenvalue weighted by Gasteiger charge is -2.23. The third-order valence-corrected chi connectivity index (χ3v) is 3.66. The molecule has 0 heterocycles. The molecule has 17 heavy (non-hydrogen) atoms. The second-order valence-electron chi connectivity index (χ2n) is 5.15. The molecule has 1 aromatic rings. The van der Waals surface area contributed by atoms with Gasteiger partial charge in [0.2, 0.25) is 0 Å². The van der Waals surface area contributed by atoms with Crippen molar-refractivity contribution in [3.63, 3.8) is 0 Å². The molecular weight excluding hydrogens is 212 g/mol. The van der Waals surface area contributed by atoms with Crippen LogP contribution in [0.5, 0.6) is 0 Å². The van der Waals surface area contributed by atoms with Gasteiger partial charge < -0.3 is 4.74 Å². The molecule has 0 radical (unpaired) electrons. The highest BCUT2D eigenvalue weighted by Crippen LogP contribution is 2.28. The van der Waals surface area contributed by atoms with E-state index in [4.69, 9.17) is 4.74 Å². The summed E-state index contributed by atoms with van der Waals surface area (Å²) in [5.74, 6) is 0.555. The highest BCUT2D eigenvalue weighted by atomic mass is 16.5. The van der Waals surface area contributed by atoms with E-state index in [0.29, 0.717) is 5.92 Å². The zero-order valence-electron chi connectivity index (χ0n) is 10.8. The number of rotatable bonds is 2. The molecule has 0 spiro atoms. The van der Waals surface area contributed by atoms with Crippen LogP contribution in [0.15, 0.2) is 18.2 Å². The molecule has 1 unspecified atom stereocenters. The van der Waals surface area contributed by atoms with Crippen molar-refractivity contribution in [2.45, 2.75) is 39.0 Å². The Morgan fingerprint density at radius 3 is 2.76 bits per heavy atom. The molecule has 1 aliphatic carbocycles. The fourth-order valence-corrected chi connectivity index (χ4v) is 2.50. The van der Waals surface area contributed by atoms with Crippen LogP contribution in [0, 0.1) is 5.92 Å². The molecule has 1 atom stereocenters. The van der Waals surface area contributed by atoms with Crippen LogP contribution in [0.25, 0.3) is 0 Å². The second kappa shape index (κ2) is 4.91. The molecule has 0 N–H and O–H groups in total. The highest BCUT2D eigenvalue weighted by molar-refractivity contribution is 5.73. The number of aryl methyl sites for hydroxylation is 1. The molecule has 0 amide bonds. The predicted molar refractivity (Wildman–Crippen MR) is 68.1 cm³/mol. The quantitative estimate of drug-likeness (QED) is 0.732. The highest BCUT2D eigenvalue weighted by Gasteiger charge is 2.25. The van der Waals surface area contributed by atoms with Crippen molar-refractivity contribution in [1.82, 2.24) is 0 Å². The van der Waals surface area contributed by atoms with Gasteiger partial charge in [0.25, 0.3) is 0 Å². The summed E-state index contributed by atoms with van der Waals surface area (Å²) in [5.41, 5.74) is 4.12. The maximum atomic E-state index is 11.5. The lowest BCUT2D eigenvalue weighted by molar-refractivity contribution is -0.145. The standard InChI is InChI=1S/C15H20O2/c1-10(2)11-4-5-13-9-14(15(16)17-3)7-6-12(13)8-11/h4-5,8,10,14H,6-7,9H2,1-3H3. The molecule has 1 aromatic carbocycles. The summed E-state index contributed by atoms with van der Waals surface area (Å²) in [7, 11) is 1.47. The van der Waals surface area contributed by atoms with Crippen molar-refractivity contribution in [3.8, 4) is 0 Å². The fraction of sp³-hybridized carbons (Fsp3) is 0.533. The summed E-state index contributed by atoms with van der Waals surface area (Å²) in [5, 5.41) is 0. The normalized spacial score (nSPS) is 18.9. The maximum Gasteiger partial charge on any atom is 0.309 e. The van der Waals surface area contributed by atoms with Crippen LogP contribution >= 0.6 is 0 Å². The SMILES string of the molecule is COC(=O)C1CCc2cc(C(C)C)ccc2C1. The minimum absolute atomic E-state index is 0.0531. The van der Waals surface area contributed by atoms with Crippen LogP contribution in [-0.4, -0.2) is 13.1 Å². The number of methoxy groups -OCH3 is 1. The number of carbonyl (C=O) groups is 1. The third kappa shape index (κ3) is 2.51. The molecule has 2 nitrogen and oxygen atoms in total. The minimum Gasteiger partial charge on any atom is -0.469 e. The van der Waals surface area contributed by atoms with Gasteiger partial charge in [0.15, 0.2) is 0 Å². The van der Waals surface area contributed by atoms with Crippen LogP contribution in [0.1, 0.15) is 42.9 Å². The molecule has 0 aliphatic heterocycles. The lowest BCUT2D eigenvalue weighted by Crippen LogP contribution is -2.23. The van der Waals surface area contributed by atoms with Crippen LogP contribution < -0.4 is 0 Å². The van der Waals surface area contributed by atoms with Crippen LogP contribution in [0.2, 0.25) is 0 Å². The molecule has 0 saturated heterocycles. The van der Waals surface area contributed by atoms with Crippen molar-refractivity contribution < 1.29 is 9.53 Å². The first kappa shape index (κ1) is 12.2. The van der Waals surface area contributed by atoms with Crippen LogP contribution in [0.4, 0.5) is 0 Å². The molecule has 1 aliphatic rings. The minimum atomic E-state index is -0.0661. The number of fused-ring (bicyclic) bond motifs is 1. The monoisotopic (exact) mass is 232 g/mol. The molecule has 92 valence electrons. The Kier molecular flexibility index (Phi) is 3.51. The topological polar surface area (TPSA) is 26.3 Å². The van der Waals surface area contributed by atoms with Crippen molar-refractivity contribution in [2.24, 2.45) is 5.92 Å². The molecule has 0 fully saturated rings. The Morgan fingerprint density at radius 1 is 1.35 bits per heavy atom. The number of ether oxygens (including phenoxy) is 1. The van der Waals surface area contributed by atoms with E-state index in [1.807, 2.05) is 0 Å². The number of carbonyl (C=O) groups excluding carboxylic acids is 1. The van der Waals surface area contributed by atoms with E-state index < -0.39 is 0 Å². The van der Waals surface area contributed by atoms with Crippen molar-refractivity contribution in [3.05, 3.63) is 34.9 Å². The summed E-state index contributed by atoms with van der Waals surface area (Å²) in [6.07, 6.45) is 2.75. The van der Waals surface area contributed by atoms with E-state index in [-0.39, 0.29) is 11.9 Å². The number of hydrogen-bond acceptors (Lipinski definition) is 2. The molecular formula is C15H20O2. The van der Waals surface area contributed by atoms with Gasteiger partial charge in [0.05, 0.1) is 13.0 Å². The van der Waals surface area contributed by atoms with Gasteiger partial charge in [-0.2, -0.15) is 0 Å². The molecule has 0 saturated carbocycles. The molecule has 0 aromatic heterocycles. The van der Waals surface area contributed by atoms with E-state index >= 15 is 0 Å². The van der Waals surface area contributed by atoms with Crippen molar-refractivity contribution in [2.75, 3.05) is 7.11 Å². The second-order valence-corrected chi connectivity index (χ2v) is 5.15. The summed E-state index contributed by atoms with van der Waals surface area (Å²) < 4.78 is 4.83. The third-order valence-electron chi connectivity index (χ3n) is 3.66. The van der Waals surface area contributed by atoms with E-state index in [0.717, 1.165) is 19.3 Å². The summed E-state index contributed by atoms with van der Waals surface area (Å²) in [6, 6.07) is 6.66. The van der Waals surface area contributed by atoms with Crippen LogP contribution in [0.3, 0.4) is 0 Å². The summed E-state index contributed by atoms with van der Waals surface area (Å²) >= 11 is 0.